The summed E-state index contributed by atoms with van der Waals surface area (Å²) >= 11 is 0. The fourth-order valence-electron chi connectivity index (χ4n) is 1.20. The van der Waals surface area contributed by atoms with Crippen LogP contribution in [0.4, 0.5) is 0 Å². The van der Waals surface area contributed by atoms with E-state index in [0.29, 0.717) is 5.70 Å². The first-order chi connectivity index (χ1) is 5.72. The van der Waals surface area contributed by atoms with Crippen LogP contribution in [-0.2, 0) is 4.79 Å². The Morgan fingerprint density at radius 3 is 1.64 bits per heavy atom. The van der Waals surface area contributed by atoms with Gasteiger partial charge in [-0.05, 0) is 0 Å². The normalized spacial score (nSPS) is 13.9. The van der Waals surface area contributed by atoms with Gasteiger partial charge in [-0.15, -0.1) is 0 Å². The molecule has 3 nitrogen and oxygen atoms in total. The number of amides is 1. The summed E-state index contributed by atoms with van der Waals surface area (Å²) in [5.74, 6) is 0.792. The number of hydrogen-bond acceptors (Lipinski definition) is 1. The largest absolute Gasteiger partial charge is 1.00 e. The van der Waals surface area contributed by atoms with Crippen LogP contribution in [0.25, 0.3) is 0 Å². The van der Waals surface area contributed by atoms with E-state index in [9.17, 15) is 4.79 Å². The molecule has 4 heteroatoms. The molecular formula is C10H21ClN2O. The molecule has 0 aromatic rings. The lowest BCUT2D eigenvalue weighted by Crippen LogP contribution is -3.00. The molecule has 0 bridgehead atoms. The fraction of sp³-hybridized carbons (Fsp3) is 0.700. The van der Waals surface area contributed by atoms with Gasteiger partial charge >= 0.3 is 0 Å². The summed E-state index contributed by atoms with van der Waals surface area (Å²) in [6.45, 7) is 9.06. The Kier molecular flexibility index (Phi) is 6.86. The van der Waals surface area contributed by atoms with Crippen LogP contribution in [0.2, 0.25) is 0 Å². The summed E-state index contributed by atoms with van der Waals surface area (Å²) in [5, 5.41) is 2.36. The third-order valence-electron chi connectivity index (χ3n) is 1.39. The standard InChI is InChI=1S/C7H18N.C3H3NO.ClH/c1-7(2)6-8(3,4)5;1-2-3(5)4-2;/h7H,6H2,1-5H3;1H2,(H,4,5);1H/q+1;;/p-1. The van der Waals surface area contributed by atoms with Crippen molar-refractivity contribution in [3.63, 3.8) is 0 Å². The number of hydrogen-bond donors (Lipinski definition) is 1. The van der Waals surface area contributed by atoms with Crippen LogP contribution in [0.5, 0.6) is 0 Å². The van der Waals surface area contributed by atoms with Crippen LogP contribution in [0.15, 0.2) is 12.3 Å². The predicted molar refractivity (Wildman–Crippen MR) is 55.0 cm³/mol. The summed E-state index contributed by atoms with van der Waals surface area (Å²) < 4.78 is 1.08. The molecule has 0 saturated carbocycles. The van der Waals surface area contributed by atoms with Crippen LogP contribution in [0, 0.1) is 5.92 Å². The molecule has 1 N–H and O–H groups in total. The minimum absolute atomic E-state index is 0. The van der Waals surface area contributed by atoms with Crippen molar-refractivity contribution in [1.29, 1.82) is 0 Å². The average molecular weight is 221 g/mol. The fourth-order valence-corrected chi connectivity index (χ4v) is 1.20. The molecule has 1 fully saturated rings. The average Bonchev–Trinajstić information content (AvgIpc) is 2.38. The lowest BCUT2D eigenvalue weighted by atomic mass is 10.2. The van der Waals surface area contributed by atoms with Crippen molar-refractivity contribution in [2.45, 2.75) is 13.8 Å². The van der Waals surface area contributed by atoms with Gasteiger partial charge in [0.05, 0.1) is 33.4 Å². The van der Waals surface area contributed by atoms with Crippen molar-refractivity contribution in [2.24, 2.45) is 5.92 Å². The van der Waals surface area contributed by atoms with E-state index in [0.717, 1.165) is 10.4 Å². The topological polar surface area (TPSA) is 39.0 Å². The van der Waals surface area contributed by atoms with E-state index in [-0.39, 0.29) is 18.3 Å². The van der Waals surface area contributed by atoms with Crippen LogP contribution in [-0.4, -0.2) is 38.1 Å². The minimum Gasteiger partial charge on any atom is -1.00 e. The van der Waals surface area contributed by atoms with Gasteiger partial charge in [-0.1, -0.05) is 20.4 Å². The Labute approximate surface area is 93.2 Å². The van der Waals surface area contributed by atoms with Crippen LogP contribution < -0.4 is 17.7 Å². The smallest absolute Gasteiger partial charge is 0.271 e. The highest BCUT2D eigenvalue weighted by molar-refractivity contribution is 6.09. The number of halogens is 1. The third kappa shape index (κ3) is 11.5. The van der Waals surface area contributed by atoms with E-state index in [1.165, 1.54) is 6.54 Å². The highest BCUT2D eigenvalue weighted by Gasteiger charge is 2.20. The Hall–Kier alpha value is -0.540. The molecule has 0 atom stereocenters. The third-order valence-corrected chi connectivity index (χ3v) is 1.39. The zero-order valence-corrected chi connectivity index (χ0v) is 10.5. The molecule has 1 heterocycles. The van der Waals surface area contributed by atoms with E-state index in [2.05, 4.69) is 46.9 Å². The van der Waals surface area contributed by atoms with Gasteiger partial charge < -0.3 is 22.2 Å². The van der Waals surface area contributed by atoms with E-state index < -0.39 is 0 Å². The maximum atomic E-state index is 9.68. The van der Waals surface area contributed by atoms with Crippen LogP contribution in [0.3, 0.4) is 0 Å². The van der Waals surface area contributed by atoms with Crippen molar-refractivity contribution in [2.75, 3.05) is 27.7 Å². The Morgan fingerprint density at radius 1 is 1.36 bits per heavy atom. The Balaban J connectivity index is 0. The maximum Gasteiger partial charge on any atom is 0.271 e. The summed E-state index contributed by atoms with van der Waals surface area (Å²) in [4.78, 5) is 9.68. The van der Waals surface area contributed by atoms with Gasteiger partial charge in [-0.2, -0.15) is 0 Å². The molecule has 1 saturated heterocycles. The first-order valence-corrected chi connectivity index (χ1v) is 4.53. The summed E-state index contributed by atoms with van der Waals surface area (Å²) in [6, 6.07) is 0. The number of nitrogens with one attached hydrogen (secondary N) is 1. The van der Waals surface area contributed by atoms with Gasteiger partial charge in [0.15, 0.2) is 0 Å². The first kappa shape index (κ1) is 15.9. The molecule has 1 amide bonds. The first-order valence-electron chi connectivity index (χ1n) is 4.53. The molecule has 1 aliphatic heterocycles. The molecule has 0 unspecified atom stereocenters. The van der Waals surface area contributed by atoms with Crippen molar-refractivity contribution < 1.29 is 21.7 Å². The van der Waals surface area contributed by atoms with E-state index in [4.69, 9.17) is 0 Å². The minimum atomic E-state index is -0.0231. The van der Waals surface area contributed by atoms with Gasteiger partial charge in [-0.3, -0.25) is 4.79 Å². The van der Waals surface area contributed by atoms with Crippen molar-refractivity contribution >= 4 is 5.91 Å². The van der Waals surface area contributed by atoms with Crippen LogP contribution in [0.1, 0.15) is 13.8 Å². The molecule has 0 aliphatic carbocycles. The quantitative estimate of drug-likeness (QED) is 0.326. The second-order valence-electron chi connectivity index (χ2n) is 4.80. The zero-order valence-electron chi connectivity index (χ0n) is 9.72. The number of rotatable bonds is 2. The molecule has 0 aromatic carbocycles. The van der Waals surface area contributed by atoms with Gasteiger partial charge in [0.2, 0.25) is 0 Å². The second kappa shape index (κ2) is 6.04. The number of carbonyl (C=O) groups is 1. The van der Waals surface area contributed by atoms with Gasteiger partial charge in [0, 0.05) is 5.92 Å². The summed E-state index contributed by atoms with van der Waals surface area (Å²) in [5.41, 5.74) is 0.532. The summed E-state index contributed by atoms with van der Waals surface area (Å²) in [6.07, 6.45) is 0. The molecular weight excluding hydrogens is 200 g/mol. The Morgan fingerprint density at radius 2 is 1.64 bits per heavy atom. The SMILES string of the molecule is C=C1NC1=O.CC(C)C[N+](C)(C)C.[Cl-]. The van der Waals surface area contributed by atoms with Crippen molar-refractivity contribution in [3.05, 3.63) is 12.3 Å². The van der Waals surface area contributed by atoms with E-state index >= 15 is 0 Å². The molecule has 1 rings (SSSR count). The van der Waals surface area contributed by atoms with Gasteiger partial charge in [-0.25, -0.2) is 0 Å². The van der Waals surface area contributed by atoms with E-state index in [1.54, 1.807) is 0 Å². The van der Waals surface area contributed by atoms with Crippen molar-refractivity contribution in [1.82, 2.24) is 5.32 Å². The number of carbonyl (C=O) groups excluding carboxylic acids is 1. The maximum absolute atomic E-state index is 9.68. The Bertz CT molecular complexity index is 195. The highest BCUT2D eigenvalue weighted by Crippen LogP contribution is 1.98. The molecule has 0 radical (unpaired) electrons. The lowest BCUT2D eigenvalue weighted by molar-refractivity contribution is -0.873. The molecule has 0 aromatic heterocycles. The second-order valence-corrected chi connectivity index (χ2v) is 4.80. The highest BCUT2D eigenvalue weighted by atomic mass is 35.5. The molecule has 0 spiro atoms. The molecule has 1 aliphatic rings. The van der Waals surface area contributed by atoms with Crippen molar-refractivity contribution in [3.8, 4) is 0 Å². The van der Waals surface area contributed by atoms with E-state index in [1.807, 2.05) is 0 Å². The predicted octanol–water partition coefficient (Wildman–Crippen LogP) is -2.02. The molecule has 14 heavy (non-hydrogen) atoms. The number of nitrogens with zero attached hydrogens (tertiary/aromatic N) is 1. The molecule has 84 valence electrons. The van der Waals surface area contributed by atoms with Crippen LogP contribution >= 0.6 is 0 Å². The lowest BCUT2D eigenvalue weighted by Gasteiger charge is -2.25. The monoisotopic (exact) mass is 220 g/mol. The van der Waals surface area contributed by atoms with Gasteiger partial charge in [0.25, 0.3) is 5.91 Å². The van der Waals surface area contributed by atoms with Gasteiger partial charge in [0.1, 0.15) is 0 Å². The summed E-state index contributed by atoms with van der Waals surface area (Å²) in [7, 11) is 6.67. The number of quaternary nitrogens is 1. The zero-order chi connectivity index (χ0) is 10.6.